The van der Waals surface area contributed by atoms with Crippen LogP contribution in [0.25, 0.3) is 11.1 Å². The van der Waals surface area contributed by atoms with Gasteiger partial charge in [-0.2, -0.15) is 0 Å². The predicted molar refractivity (Wildman–Crippen MR) is 92.5 cm³/mol. The summed E-state index contributed by atoms with van der Waals surface area (Å²) in [6.45, 7) is 6.23. The zero-order chi connectivity index (χ0) is 16.2. The van der Waals surface area contributed by atoms with Crippen LogP contribution in [-0.2, 0) is 4.74 Å². The van der Waals surface area contributed by atoms with Crippen LogP contribution in [0, 0.1) is 6.92 Å². The van der Waals surface area contributed by atoms with Crippen molar-refractivity contribution in [2.75, 3.05) is 19.8 Å². The van der Waals surface area contributed by atoms with Crippen molar-refractivity contribution in [3.63, 3.8) is 0 Å². The second-order valence-corrected chi connectivity index (χ2v) is 6.14. The van der Waals surface area contributed by atoms with Gasteiger partial charge in [0.2, 0.25) is 0 Å². The number of hydrogen-bond acceptors (Lipinski definition) is 2. The molecule has 1 atom stereocenters. The van der Waals surface area contributed by atoms with Gasteiger partial charge in [0.25, 0.3) is 5.91 Å². The third kappa shape index (κ3) is 3.30. The first kappa shape index (κ1) is 15.8. The molecule has 0 aromatic heterocycles. The van der Waals surface area contributed by atoms with Crippen molar-refractivity contribution in [3.05, 3.63) is 59.7 Å². The van der Waals surface area contributed by atoms with Gasteiger partial charge >= 0.3 is 0 Å². The topological polar surface area (TPSA) is 29.5 Å². The summed E-state index contributed by atoms with van der Waals surface area (Å²) in [6, 6.07) is 16.2. The zero-order valence-electron chi connectivity index (χ0n) is 13.8. The lowest BCUT2D eigenvalue weighted by atomic mass is 9.95. The largest absolute Gasteiger partial charge is 0.379 e. The van der Waals surface area contributed by atoms with Gasteiger partial charge in [0.1, 0.15) is 0 Å². The predicted octanol–water partition coefficient (Wildman–Crippen LogP) is 3.91. The average molecular weight is 309 g/mol. The molecule has 1 unspecified atom stereocenters. The summed E-state index contributed by atoms with van der Waals surface area (Å²) in [5, 5.41) is 0. The molecule has 3 heteroatoms. The quantitative estimate of drug-likeness (QED) is 0.841. The molecule has 1 saturated heterocycles. The summed E-state index contributed by atoms with van der Waals surface area (Å²) < 4.78 is 5.56. The van der Waals surface area contributed by atoms with Crippen LogP contribution in [0.5, 0.6) is 0 Å². The van der Waals surface area contributed by atoms with Crippen LogP contribution in [0.3, 0.4) is 0 Å². The van der Waals surface area contributed by atoms with Crippen molar-refractivity contribution in [3.8, 4) is 11.1 Å². The summed E-state index contributed by atoms with van der Waals surface area (Å²) in [5.74, 6) is 0.0989. The Hall–Kier alpha value is -2.13. The van der Waals surface area contributed by atoms with Gasteiger partial charge in [0.15, 0.2) is 0 Å². The third-order valence-corrected chi connectivity index (χ3v) is 4.43. The van der Waals surface area contributed by atoms with Gasteiger partial charge in [0, 0.05) is 18.7 Å². The molecule has 1 aliphatic heterocycles. The molecule has 1 fully saturated rings. The summed E-state index contributed by atoms with van der Waals surface area (Å²) in [7, 11) is 0. The zero-order valence-corrected chi connectivity index (χ0v) is 13.8. The summed E-state index contributed by atoms with van der Waals surface area (Å²) >= 11 is 0. The number of hydrogen-bond donors (Lipinski definition) is 0. The minimum atomic E-state index is 0.0989. The fraction of sp³-hybridized carbons (Fsp3) is 0.350. The van der Waals surface area contributed by atoms with Crippen molar-refractivity contribution >= 4 is 5.91 Å². The van der Waals surface area contributed by atoms with E-state index in [1.165, 1.54) is 5.56 Å². The maximum absolute atomic E-state index is 13.1. The first-order valence-electron chi connectivity index (χ1n) is 8.22. The Morgan fingerprint density at radius 1 is 1.09 bits per heavy atom. The van der Waals surface area contributed by atoms with Gasteiger partial charge in [0.05, 0.1) is 12.6 Å². The SMILES string of the molecule is Cc1ccccc1-c1ccccc1C(=O)N1CCCOCC1C. The highest BCUT2D eigenvalue weighted by Gasteiger charge is 2.25. The van der Waals surface area contributed by atoms with Crippen molar-refractivity contribution in [1.82, 2.24) is 4.90 Å². The number of benzene rings is 2. The summed E-state index contributed by atoms with van der Waals surface area (Å²) in [5.41, 5.74) is 4.08. The lowest BCUT2D eigenvalue weighted by molar-refractivity contribution is 0.0634. The molecule has 0 bridgehead atoms. The van der Waals surface area contributed by atoms with Crippen LogP contribution in [-0.4, -0.2) is 36.6 Å². The molecule has 0 saturated carbocycles. The van der Waals surface area contributed by atoms with E-state index >= 15 is 0 Å². The first-order chi connectivity index (χ1) is 11.2. The van der Waals surface area contributed by atoms with E-state index in [1.807, 2.05) is 41.3 Å². The van der Waals surface area contributed by atoms with Crippen LogP contribution >= 0.6 is 0 Å². The minimum Gasteiger partial charge on any atom is -0.379 e. The van der Waals surface area contributed by atoms with Gasteiger partial charge in [-0.25, -0.2) is 0 Å². The van der Waals surface area contributed by atoms with Crippen molar-refractivity contribution in [1.29, 1.82) is 0 Å². The number of amides is 1. The molecule has 2 aromatic carbocycles. The Bertz CT molecular complexity index is 696. The second-order valence-electron chi connectivity index (χ2n) is 6.14. The Morgan fingerprint density at radius 3 is 2.57 bits per heavy atom. The van der Waals surface area contributed by atoms with Gasteiger partial charge in [-0.1, -0.05) is 42.5 Å². The molecule has 23 heavy (non-hydrogen) atoms. The molecule has 3 nitrogen and oxygen atoms in total. The van der Waals surface area contributed by atoms with Crippen LogP contribution in [0.2, 0.25) is 0 Å². The lowest BCUT2D eigenvalue weighted by Crippen LogP contribution is -2.40. The fourth-order valence-corrected chi connectivity index (χ4v) is 3.14. The third-order valence-electron chi connectivity index (χ3n) is 4.43. The van der Waals surface area contributed by atoms with E-state index in [0.29, 0.717) is 6.61 Å². The molecule has 0 spiro atoms. The van der Waals surface area contributed by atoms with Crippen molar-refractivity contribution < 1.29 is 9.53 Å². The highest BCUT2D eigenvalue weighted by molar-refractivity contribution is 6.01. The van der Waals surface area contributed by atoms with Crippen LogP contribution in [0.15, 0.2) is 48.5 Å². The Morgan fingerprint density at radius 2 is 1.78 bits per heavy atom. The van der Waals surface area contributed by atoms with Gasteiger partial charge < -0.3 is 9.64 Å². The smallest absolute Gasteiger partial charge is 0.254 e. The average Bonchev–Trinajstić information content (AvgIpc) is 2.79. The Labute approximate surface area is 137 Å². The molecule has 3 rings (SSSR count). The summed E-state index contributed by atoms with van der Waals surface area (Å²) in [6.07, 6.45) is 0.891. The van der Waals surface area contributed by atoms with Crippen molar-refractivity contribution in [2.45, 2.75) is 26.3 Å². The second kappa shape index (κ2) is 6.97. The molecule has 0 N–H and O–H groups in total. The highest BCUT2D eigenvalue weighted by Crippen LogP contribution is 2.28. The van der Waals surface area contributed by atoms with E-state index in [0.717, 1.165) is 36.3 Å². The summed E-state index contributed by atoms with van der Waals surface area (Å²) in [4.78, 5) is 15.1. The maximum atomic E-state index is 13.1. The molecular weight excluding hydrogens is 286 g/mol. The van der Waals surface area contributed by atoms with E-state index in [4.69, 9.17) is 4.74 Å². The van der Waals surface area contributed by atoms with Crippen LogP contribution in [0.1, 0.15) is 29.3 Å². The number of rotatable bonds is 2. The molecule has 2 aromatic rings. The Balaban J connectivity index is 2.00. The standard InChI is InChI=1S/C20H23NO2/c1-15-8-3-4-9-17(15)18-10-5-6-11-19(18)20(22)21-12-7-13-23-14-16(21)2/h3-6,8-11,16H,7,12-14H2,1-2H3. The fourth-order valence-electron chi connectivity index (χ4n) is 3.14. The van der Waals surface area contributed by atoms with Crippen LogP contribution < -0.4 is 0 Å². The van der Waals surface area contributed by atoms with Gasteiger partial charge in [-0.15, -0.1) is 0 Å². The van der Waals surface area contributed by atoms with E-state index in [-0.39, 0.29) is 11.9 Å². The van der Waals surface area contributed by atoms with E-state index in [2.05, 4.69) is 26.0 Å². The first-order valence-corrected chi connectivity index (χ1v) is 8.22. The Kier molecular flexibility index (Phi) is 4.77. The van der Waals surface area contributed by atoms with Gasteiger partial charge in [-0.3, -0.25) is 4.79 Å². The molecule has 1 aliphatic rings. The molecular formula is C20H23NO2. The molecule has 1 heterocycles. The van der Waals surface area contributed by atoms with Crippen molar-refractivity contribution in [2.24, 2.45) is 0 Å². The monoisotopic (exact) mass is 309 g/mol. The van der Waals surface area contributed by atoms with Crippen LogP contribution in [0.4, 0.5) is 0 Å². The van der Waals surface area contributed by atoms with E-state index in [1.54, 1.807) is 0 Å². The minimum absolute atomic E-state index is 0.0989. The van der Waals surface area contributed by atoms with E-state index < -0.39 is 0 Å². The maximum Gasteiger partial charge on any atom is 0.254 e. The molecule has 0 radical (unpaired) electrons. The number of nitrogens with zero attached hydrogens (tertiary/aromatic N) is 1. The molecule has 120 valence electrons. The number of carbonyl (C=O) groups is 1. The molecule has 1 amide bonds. The number of aryl methyl sites for hydroxylation is 1. The number of carbonyl (C=O) groups excluding carboxylic acids is 1. The van der Waals surface area contributed by atoms with E-state index in [9.17, 15) is 4.79 Å². The normalized spacial score (nSPS) is 18.5. The highest BCUT2D eigenvalue weighted by atomic mass is 16.5. The lowest BCUT2D eigenvalue weighted by Gasteiger charge is -2.27. The number of ether oxygens (including phenoxy) is 1. The van der Waals surface area contributed by atoms with Gasteiger partial charge in [-0.05, 0) is 43.0 Å². The molecule has 0 aliphatic carbocycles.